The molecule has 2 atom stereocenters. The van der Waals surface area contributed by atoms with Crippen LogP contribution in [0.5, 0.6) is 0 Å². The lowest BCUT2D eigenvalue weighted by Gasteiger charge is -2.24. The van der Waals surface area contributed by atoms with Gasteiger partial charge < -0.3 is 18.9 Å². The average molecular weight is 833 g/mol. The molecule has 0 spiro atoms. The SMILES string of the molecule is CCCCCCCCCCCCCCCCCCCCCCCCCCC(=O)OC(COC(=O)CCCCCCCCCCC)COP(=O)(O)OCC[N+](C)(C)C. The van der Waals surface area contributed by atoms with E-state index in [0.29, 0.717) is 17.4 Å². The average Bonchev–Trinajstić information content (AvgIpc) is 3.16. The zero-order valence-corrected chi connectivity index (χ0v) is 39.2. The molecule has 0 fully saturated rings. The van der Waals surface area contributed by atoms with Crippen molar-refractivity contribution in [3.8, 4) is 0 Å². The maximum absolute atomic E-state index is 12.7. The minimum Gasteiger partial charge on any atom is -0.462 e. The van der Waals surface area contributed by atoms with Gasteiger partial charge in [0.2, 0.25) is 0 Å². The van der Waals surface area contributed by atoms with Gasteiger partial charge >= 0.3 is 19.8 Å². The maximum atomic E-state index is 12.7. The first-order chi connectivity index (χ1) is 27.5. The first kappa shape index (κ1) is 56.0. The van der Waals surface area contributed by atoms with Crippen molar-refractivity contribution in [1.29, 1.82) is 0 Å². The molecular weight excluding hydrogens is 737 g/mol. The van der Waals surface area contributed by atoms with Crippen molar-refractivity contribution >= 4 is 19.8 Å². The van der Waals surface area contributed by atoms with Gasteiger partial charge in [-0.3, -0.25) is 18.6 Å². The summed E-state index contributed by atoms with van der Waals surface area (Å²) in [6.45, 7) is 4.44. The number of unbranched alkanes of at least 4 members (excludes halogenated alkanes) is 31. The van der Waals surface area contributed by atoms with E-state index < -0.39 is 26.5 Å². The summed E-state index contributed by atoms with van der Waals surface area (Å²) in [5, 5.41) is 0. The molecule has 9 nitrogen and oxygen atoms in total. The lowest BCUT2D eigenvalue weighted by molar-refractivity contribution is -0.870. The fraction of sp³-hybridized carbons (Fsp3) is 0.957. The van der Waals surface area contributed by atoms with Gasteiger partial charge in [0, 0.05) is 12.8 Å². The highest BCUT2D eigenvalue weighted by Gasteiger charge is 2.27. The molecule has 0 amide bonds. The summed E-state index contributed by atoms with van der Waals surface area (Å²) in [7, 11) is 1.49. The van der Waals surface area contributed by atoms with E-state index in [2.05, 4.69) is 13.8 Å². The first-order valence-electron chi connectivity index (χ1n) is 24.3. The Morgan fingerprint density at radius 3 is 1.12 bits per heavy atom. The third-order valence-electron chi connectivity index (χ3n) is 10.9. The fourth-order valence-electron chi connectivity index (χ4n) is 7.08. The third-order valence-corrected chi connectivity index (χ3v) is 11.9. The largest absolute Gasteiger partial charge is 0.472 e. The molecule has 1 N–H and O–H groups in total. The van der Waals surface area contributed by atoms with Gasteiger partial charge in [-0.05, 0) is 12.8 Å². The minimum absolute atomic E-state index is 0.0367. The summed E-state index contributed by atoms with van der Waals surface area (Å²) in [6.07, 6.45) is 41.7. The Hall–Kier alpha value is -0.990. The lowest BCUT2D eigenvalue weighted by atomic mass is 10.0. The number of hydrogen-bond donors (Lipinski definition) is 1. The van der Waals surface area contributed by atoms with Crippen LogP contribution in [0.1, 0.15) is 239 Å². The van der Waals surface area contributed by atoms with Gasteiger partial charge in [0.25, 0.3) is 0 Å². The number of carbonyl (C=O) groups is 2. The molecule has 2 unspecified atom stereocenters. The number of esters is 2. The highest BCUT2D eigenvalue weighted by molar-refractivity contribution is 7.47. The fourth-order valence-corrected chi connectivity index (χ4v) is 7.82. The molecule has 0 aromatic rings. The highest BCUT2D eigenvalue weighted by atomic mass is 31.2. The summed E-state index contributed by atoms with van der Waals surface area (Å²) in [4.78, 5) is 35.3. The van der Waals surface area contributed by atoms with Gasteiger partial charge in [0.1, 0.15) is 19.8 Å². The smallest absolute Gasteiger partial charge is 0.462 e. The summed E-state index contributed by atoms with van der Waals surface area (Å²) < 4.78 is 34.3. The number of quaternary nitrogens is 1. The van der Waals surface area contributed by atoms with Crippen molar-refractivity contribution in [2.24, 2.45) is 0 Å². The van der Waals surface area contributed by atoms with E-state index in [4.69, 9.17) is 18.5 Å². The van der Waals surface area contributed by atoms with Gasteiger partial charge in [-0.2, -0.15) is 0 Å². The molecule has 10 heteroatoms. The number of phosphoric ester groups is 1. The van der Waals surface area contributed by atoms with Crippen LogP contribution in [-0.4, -0.2) is 74.9 Å². The lowest BCUT2D eigenvalue weighted by Crippen LogP contribution is -2.37. The minimum atomic E-state index is -4.36. The summed E-state index contributed by atoms with van der Waals surface area (Å²) in [5.41, 5.74) is 0. The van der Waals surface area contributed by atoms with Gasteiger partial charge in [0.05, 0.1) is 27.7 Å². The van der Waals surface area contributed by atoms with E-state index in [0.717, 1.165) is 38.5 Å². The second-order valence-corrected chi connectivity index (χ2v) is 19.3. The third kappa shape index (κ3) is 44.4. The van der Waals surface area contributed by atoms with E-state index in [1.54, 1.807) is 0 Å². The molecule has 0 aliphatic heterocycles. The quantitative estimate of drug-likeness (QED) is 0.0280. The summed E-state index contributed by atoms with van der Waals surface area (Å²) in [6, 6.07) is 0. The molecule has 57 heavy (non-hydrogen) atoms. The molecule has 0 heterocycles. The molecule has 0 aromatic carbocycles. The Labute approximate surface area is 353 Å². The number of carbonyl (C=O) groups excluding carboxylic acids is 2. The molecule has 0 radical (unpaired) electrons. The van der Waals surface area contributed by atoms with Crippen LogP contribution in [0.3, 0.4) is 0 Å². The molecule has 0 aliphatic carbocycles. The zero-order chi connectivity index (χ0) is 42.1. The van der Waals surface area contributed by atoms with E-state index in [-0.39, 0.29) is 25.6 Å². The Morgan fingerprint density at radius 1 is 0.474 bits per heavy atom. The Bertz CT molecular complexity index is 943. The van der Waals surface area contributed by atoms with Gasteiger partial charge in [-0.1, -0.05) is 213 Å². The van der Waals surface area contributed by atoms with Gasteiger partial charge in [-0.15, -0.1) is 0 Å². The second kappa shape index (κ2) is 40.4. The molecule has 0 rings (SSSR count). The molecule has 340 valence electrons. The topological polar surface area (TPSA) is 108 Å². The van der Waals surface area contributed by atoms with Gasteiger partial charge in [0.15, 0.2) is 6.10 Å². The molecule has 0 saturated heterocycles. The molecule has 0 aromatic heterocycles. The molecule has 0 saturated carbocycles. The van der Waals surface area contributed by atoms with E-state index in [1.807, 2.05) is 21.1 Å². The van der Waals surface area contributed by atoms with Crippen molar-refractivity contribution in [2.75, 3.05) is 47.5 Å². The van der Waals surface area contributed by atoms with Crippen LogP contribution in [0.2, 0.25) is 0 Å². The number of rotatable bonds is 45. The van der Waals surface area contributed by atoms with Crippen LogP contribution < -0.4 is 0 Å². The summed E-state index contributed by atoms with van der Waals surface area (Å²) >= 11 is 0. The molecular formula is C47H95NO8P+. The van der Waals surface area contributed by atoms with Crippen molar-refractivity contribution in [2.45, 2.75) is 245 Å². The Morgan fingerprint density at radius 2 is 0.789 bits per heavy atom. The van der Waals surface area contributed by atoms with Crippen molar-refractivity contribution < 1.29 is 42.1 Å². The van der Waals surface area contributed by atoms with Crippen LogP contribution in [-0.2, 0) is 32.7 Å². The number of hydrogen-bond acceptors (Lipinski definition) is 7. The number of nitrogens with zero attached hydrogens (tertiary/aromatic N) is 1. The van der Waals surface area contributed by atoms with Crippen LogP contribution >= 0.6 is 7.82 Å². The highest BCUT2D eigenvalue weighted by Crippen LogP contribution is 2.43. The van der Waals surface area contributed by atoms with Crippen molar-refractivity contribution in [1.82, 2.24) is 0 Å². The zero-order valence-electron chi connectivity index (χ0n) is 38.4. The first-order valence-corrected chi connectivity index (χ1v) is 25.8. The van der Waals surface area contributed by atoms with E-state index >= 15 is 0 Å². The second-order valence-electron chi connectivity index (χ2n) is 17.9. The van der Waals surface area contributed by atoms with Gasteiger partial charge in [-0.25, -0.2) is 4.57 Å². The predicted molar refractivity (Wildman–Crippen MR) is 238 cm³/mol. The van der Waals surface area contributed by atoms with Crippen molar-refractivity contribution in [3.05, 3.63) is 0 Å². The molecule has 0 bridgehead atoms. The number of phosphoric acid groups is 1. The number of ether oxygens (including phenoxy) is 2. The van der Waals surface area contributed by atoms with Crippen LogP contribution in [0.25, 0.3) is 0 Å². The van der Waals surface area contributed by atoms with Crippen LogP contribution in [0.15, 0.2) is 0 Å². The van der Waals surface area contributed by atoms with E-state index in [1.165, 1.54) is 173 Å². The normalized spacial score (nSPS) is 13.4. The van der Waals surface area contributed by atoms with E-state index in [9.17, 15) is 19.0 Å². The predicted octanol–water partition coefficient (Wildman–Crippen LogP) is 14.0. The standard InChI is InChI=1S/C47H94NO8P/c1-6-8-10-12-14-16-17-18-19-20-21-22-23-24-25-26-27-28-29-30-32-34-36-38-40-47(50)56-45(44-55-57(51,52)54-42-41-48(3,4)5)43-53-46(49)39-37-35-33-31-15-13-11-9-7-2/h45H,6-44H2,1-5H3/p+1. The van der Waals surface area contributed by atoms with Crippen molar-refractivity contribution in [3.63, 3.8) is 0 Å². The van der Waals surface area contributed by atoms with Crippen LogP contribution in [0.4, 0.5) is 0 Å². The Kier molecular flexibility index (Phi) is 39.7. The summed E-state index contributed by atoms with van der Waals surface area (Å²) in [5.74, 6) is -0.786. The van der Waals surface area contributed by atoms with Crippen LogP contribution in [0, 0.1) is 0 Å². The molecule has 0 aliphatic rings. The number of likely N-dealkylation sites (N-methyl/N-ethyl adjacent to an activating group) is 1. The monoisotopic (exact) mass is 833 g/mol. The maximum Gasteiger partial charge on any atom is 0.472 e. The Balaban J connectivity index is 4.09.